The first-order valence-corrected chi connectivity index (χ1v) is 14.4. The minimum absolute atomic E-state index is 0.00851. The van der Waals surface area contributed by atoms with Gasteiger partial charge in [-0.25, -0.2) is 23.6 Å². The number of sulfonamides is 1. The lowest BCUT2D eigenvalue weighted by Crippen LogP contribution is -2.42. The van der Waals surface area contributed by atoms with Crippen LogP contribution in [0, 0.1) is 11.8 Å². The second-order valence-corrected chi connectivity index (χ2v) is 11.4. The van der Waals surface area contributed by atoms with E-state index in [4.69, 9.17) is 16.8 Å². The number of hydrogen-bond acceptors (Lipinski definition) is 8. The van der Waals surface area contributed by atoms with Crippen molar-refractivity contribution in [2.45, 2.75) is 64.3 Å². The molecule has 1 heterocycles. The number of unbranched alkanes of at least 4 members (excludes halogenated alkanes) is 1. The molecule has 0 bridgehead atoms. The Bertz CT molecular complexity index is 1280. The third-order valence-electron chi connectivity index (χ3n) is 5.83. The van der Waals surface area contributed by atoms with Gasteiger partial charge in [-0.15, -0.1) is 0 Å². The molecule has 0 radical (unpaired) electrons. The van der Waals surface area contributed by atoms with Gasteiger partial charge >= 0.3 is 0 Å². The van der Waals surface area contributed by atoms with E-state index in [1.807, 2.05) is 11.6 Å². The molecule has 1 aromatic heterocycles. The Morgan fingerprint density at radius 3 is 2.38 bits per heavy atom. The summed E-state index contributed by atoms with van der Waals surface area (Å²) in [6.45, 7) is 5.68. The van der Waals surface area contributed by atoms with E-state index in [0.29, 0.717) is 24.1 Å². The number of benzene rings is 1. The molecule has 0 aliphatic rings. The van der Waals surface area contributed by atoms with Gasteiger partial charge in [0.15, 0.2) is 11.4 Å². The van der Waals surface area contributed by atoms with Gasteiger partial charge in [0, 0.05) is 25.9 Å². The summed E-state index contributed by atoms with van der Waals surface area (Å²) in [5.74, 6) is -2.90. The van der Waals surface area contributed by atoms with Crippen molar-refractivity contribution in [3.05, 3.63) is 46.5 Å². The normalized spacial score (nSPS) is 12.2. The molecular weight excluding hydrogens is 550 g/mol. The molecule has 2 rings (SSSR count). The van der Waals surface area contributed by atoms with Crippen LogP contribution in [-0.4, -0.2) is 53.7 Å². The van der Waals surface area contributed by atoms with E-state index in [2.05, 4.69) is 10.3 Å². The first kappa shape index (κ1) is 31.9. The lowest BCUT2D eigenvalue weighted by Gasteiger charge is -2.16. The van der Waals surface area contributed by atoms with E-state index in [1.54, 1.807) is 30.5 Å². The summed E-state index contributed by atoms with van der Waals surface area (Å²) in [5.41, 5.74) is 2.39. The van der Waals surface area contributed by atoms with Crippen LogP contribution in [0.2, 0.25) is 5.15 Å². The standard InChI is InChI=1S/C25H34ClN5O7S/c1-4-5-6-21-28-23(26)20(15-32)31(21)14-17-7-9-18(10-8-17)39(37,38)30-22(33)11-12-27-24(34)19(13-16(2)3)25(35)29-36/h7-10,15-16,19,36H,4-6,11-14H2,1-3H3,(H,27,34)(H,29,35)(H,30,33). The summed E-state index contributed by atoms with van der Waals surface area (Å²) in [6.07, 6.45) is 2.89. The van der Waals surface area contributed by atoms with E-state index in [1.165, 1.54) is 17.6 Å². The lowest BCUT2D eigenvalue weighted by molar-refractivity contribution is -0.141. The van der Waals surface area contributed by atoms with Crippen LogP contribution in [0.3, 0.4) is 0 Å². The van der Waals surface area contributed by atoms with Crippen molar-refractivity contribution >= 4 is 45.6 Å². The maximum Gasteiger partial charge on any atom is 0.264 e. The van der Waals surface area contributed by atoms with Crippen molar-refractivity contribution in [2.75, 3.05) is 6.54 Å². The van der Waals surface area contributed by atoms with E-state index in [0.717, 1.165) is 12.8 Å². The summed E-state index contributed by atoms with van der Waals surface area (Å²) in [6, 6.07) is 5.79. The summed E-state index contributed by atoms with van der Waals surface area (Å²) < 4.78 is 29.0. The van der Waals surface area contributed by atoms with Crippen molar-refractivity contribution < 1.29 is 32.8 Å². The van der Waals surface area contributed by atoms with E-state index < -0.39 is 33.7 Å². The fourth-order valence-electron chi connectivity index (χ4n) is 3.82. The number of amides is 3. The zero-order valence-corrected chi connectivity index (χ0v) is 23.6. The van der Waals surface area contributed by atoms with Gasteiger partial charge < -0.3 is 9.88 Å². The number of aryl methyl sites for hydroxylation is 1. The SMILES string of the molecule is CCCCc1nc(Cl)c(C=O)n1Cc1ccc(S(=O)(=O)NC(=O)CCNC(=O)C(CC(C)C)C(=O)NO)cc1. The van der Waals surface area contributed by atoms with E-state index >= 15 is 0 Å². The van der Waals surface area contributed by atoms with Crippen molar-refractivity contribution in [1.29, 1.82) is 0 Å². The van der Waals surface area contributed by atoms with Crippen molar-refractivity contribution in [1.82, 2.24) is 25.1 Å². The number of halogens is 1. The number of carbonyl (C=O) groups excluding carboxylic acids is 4. The molecule has 39 heavy (non-hydrogen) atoms. The van der Waals surface area contributed by atoms with Crippen molar-refractivity contribution in [3.63, 3.8) is 0 Å². The quantitative estimate of drug-likeness (QED) is 0.107. The lowest BCUT2D eigenvalue weighted by atomic mass is 9.95. The fraction of sp³-hybridized carbons (Fsp3) is 0.480. The maximum atomic E-state index is 12.7. The molecule has 0 aliphatic heterocycles. The number of carbonyl (C=O) groups is 4. The van der Waals surface area contributed by atoms with Crippen LogP contribution in [0.25, 0.3) is 0 Å². The fourth-order valence-corrected chi connectivity index (χ4v) is 5.08. The van der Waals surface area contributed by atoms with E-state index in [9.17, 15) is 27.6 Å². The number of hydroxylamine groups is 1. The Kier molecular flexibility index (Phi) is 12.1. The summed E-state index contributed by atoms with van der Waals surface area (Å²) >= 11 is 6.10. The molecule has 214 valence electrons. The third-order valence-corrected chi connectivity index (χ3v) is 7.50. The van der Waals surface area contributed by atoms with Crippen molar-refractivity contribution in [2.24, 2.45) is 11.8 Å². The number of rotatable bonds is 15. The average molecular weight is 584 g/mol. The van der Waals surface area contributed by atoms with Crippen LogP contribution < -0.4 is 15.5 Å². The topological polar surface area (TPSA) is 177 Å². The highest BCUT2D eigenvalue weighted by Crippen LogP contribution is 2.20. The highest BCUT2D eigenvalue weighted by molar-refractivity contribution is 7.90. The second-order valence-electron chi connectivity index (χ2n) is 9.38. The highest BCUT2D eigenvalue weighted by atomic mass is 35.5. The zero-order valence-electron chi connectivity index (χ0n) is 22.1. The molecular formula is C25H34ClN5O7S. The molecule has 0 saturated carbocycles. The number of nitrogens with zero attached hydrogens (tertiary/aromatic N) is 2. The Morgan fingerprint density at radius 2 is 1.82 bits per heavy atom. The van der Waals surface area contributed by atoms with Gasteiger partial charge in [-0.2, -0.15) is 0 Å². The van der Waals surface area contributed by atoms with Crippen LogP contribution in [0.15, 0.2) is 29.2 Å². The molecule has 0 aliphatic carbocycles. The van der Waals surface area contributed by atoms with Gasteiger partial charge in [-0.1, -0.05) is 50.9 Å². The number of nitrogens with one attached hydrogen (secondary N) is 3. The van der Waals surface area contributed by atoms with Gasteiger partial charge in [-0.05, 0) is 36.5 Å². The molecule has 0 spiro atoms. The highest BCUT2D eigenvalue weighted by Gasteiger charge is 2.27. The maximum absolute atomic E-state index is 12.7. The largest absolute Gasteiger partial charge is 0.355 e. The molecule has 14 heteroatoms. The monoisotopic (exact) mass is 583 g/mol. The van der Waals surface area contributed by atoms with Crippen LogP contribution in [0.1, 0.15) is 68.3 Å². The molecule has 3 amide bonds. The Morgan fingerprint density at radius 1 is 1.15 bits per heavy atom. The first-order chi connectivity index (χ1) is 18.4. The third kappa shape index (κ3) is 9.15. The van der Waals surface area contributed by atoms with Gasteiger partial charge in [0.05, 0.1) is 4.90 Å². The molecule has 2 aromatic rings. The second kappa shape index (κ2) is 14.8. The molecule has 4 N–H and O–H groups in total. The van der Waals surface area contributed by atoms with Crippen LogP contribution in [0.5, 0.6) is 0 Å². The Labute approximate surface area is 232 Å². The number of hydrogen-bond donors (Lipinski definition) is 4. The van der Waals surface area contributed by atoms with E-state index in [-0.39, 0.29) is 47.6 Å². The Balaban J connectivity index is 2.00. The minimum atomic E-state index is -4.18. The molecule has 1 aromatic carbocycles. The molecule has 1 unspecified atom stereocenters. The Hall–Kier alpha value is -3.29. The van der Waals surface area contributed by atoms with Crippen LogP contribution in [0.4, 0.5) is 0 Å². The predicted molar refractivity (Wildman–Crippen MR) is 143 cm³/mol. The summed E-state index contributed by atoms with van der Waals surface area (Å²) in [4.78, 5) is 51.9. The number of imidazole rings is 1. The smallest absolute Gasteiger partial charge is 0.264 e. The molecule has 0 saturated heterocycles. The summed E-state index contributed by atoms with van der Waals surface area (Å²) in [5, 5.41) is 11.4. The molecule has 12 nitrogen and oxygen atoms in total. The van der Waals surface area contributed by atoms with Gasteiger partial charge in [-0.3, -0.25) is 24.4 Å². The van der Waals surface area contributed by atoms with Crippen molar-refractivity contribution in [3.8, 4) is 0 Å². The number of aldehydes is 1. The van der Waals surface area contributed by atoms with Gasteiger partial charge in [0.2, 0.25) is 11.8 Å². The first-order valence-electron chi connectivity index (χ1n) is 12.5. The average Bonchev–Trinajstić information content (AvgIpc) is 3.18. The van der Waals surface area contributed by atoms with Gasteiger partial charge in [0.25, 0.3) is 15.9 Å². The van der Waals surface area contributed by atoms with Gasteiger partial charge in [0.1, 0.15) is 17.4 Å². The van der Waals surface area contributed by atoms with Crippen LogP contribution >= 0.6 is 11.6 Å². The molecule has 1 atom stereocenters. The molecule has 0 fully saturated rings. The zero-order chi connectivity index (χ0) is 29.2. The van der Waals surface area contributed by atoms with Crippen LogP contribution in [-0.2, 0) is 37.4 Å². The number of aromatic nitrogens is 2. The predicted octanol–water partition coefficient (Wildman–Crippen LogP) is 2.22. The minimum Gasteiger partial charge on any atom is -0.355 e. The summed E-state index contributed by atoms with van der Waals surface area (Å²) in [7, 11) is -4.18.